The molecule has 0 aliphatic carbocycles. The number of hydrogen-bond donors (Lipinski definition) is 2. The van der Waals surface area contributed by atoms with Crippen LogP contribution in [-0.2, 0) is 4.79 Å². The summed E-state index contributed by atoms with van der Waals surface area (Å²) in [7, 11) is 0. The Bertz CT molecular complexity index is 164. The zero-order valence-electron chi connectivity index (χ0n) is 5.09. The Morgan fingerprint density at radius 1 is 2.00 bits per heavy atom. The van der Waals surface area contributed by atoms with Crippen LogP contribution in [0.3, 0.4) is 0 Å². The molecule has 1 aliphatic rings. The second kappa shape index (κ2) is 2.05. The van der Waals surface area contributed by atoms with Gasteiger partial charge in [0.15, 0.2) is 0 Å². The molecule has 0 fully saturated rings. The molecule has 4 nitrogen and oxygen atoms in total. The molecule has 50 valence electrons. The number of hydrazone groups is 1. The van der Waals surface area contributed by atoms with Gasteiger partial charge in [-0.3, -0.25) is 0 Å². The highest BCUT2D eigenvalue weighted by atomic mass is 16.4. The van der Waals surface area contributed by atoms with Crippen molar-refractivity contribution in [2.75, 3.05) is 6.54 Å². The molecule has 0 saturated carbocycles. The lowest BCUT2D eigenvalue weighted by molar-refractivity contribution is -0.129. The fraction of sp³-hybridized carbons (Fsp3) is 0.600. The van der Waals surface area contributed by atoms with Crippen LogP contribution < -0.4 is 5.43 Å². The van der Waals surface area contributed by atoms with E-state index in [-0.39, 0.29) is 11.6 Å². The van der Waals surface area contributed by atoms with E-state index in [0.29, 0.717) is 6.54 Å². The average molecular weight is 128 g/mol. The van der Waals surface area contributed by atoms with E-state index in [1.165, 1.54) is 0 Å². The summed E-state index contributed by atoms with van der Waals surface area (Å²) in [5.74, 6) is -0.880. The van der Waals surface area contributed by atoms with Gasteiger partial charge in [0.1, 0.15) is 5.71 Å². The number of rotatable bonds is 1. The molecule has 1 unspecified atom stereocenters. The highest BCUT2D eigenvalue weighted by Crippen LogP contribution is 2.02. The number of carbonyl (C=O) groups is 1. The Kier molecular flexibility index (Phi) is 1.38. The van der Waals surface area contributed by atoms with Crippen molar-refractivity contribution in [2.24, 2.45) is 11.0 Å². The van der Waals surface area contributed by atoms with Gasteiger partial charge in [-0.25, -0.2) is 4.79 Å². The maximum atomic E-state index is 10.2. The summed E-state index contributed by atoms with van der Waals surface area (Å²) in [4.78, 5) is 10.2. The fourth-order valence-electron chi connectivity index (χ4n) is 0.733. The molecule has 1 aliphatic heterocycles. The van der Waals surface area contributed by atoms with Crippen molar-refractivity contribution in [3.8, 4) is 0 Å². The molecule has 0 amide bonds. The summed E-state index contributed by atoms with van der Waals surface area (Å²) in [6.07, 6.45) is 0. The molecule has 2 N–H and O–H groups in total. The average Bonchev–Trinajstić information content (AvgIpc) is 2.13. The smallest absolute Gasteiger partial charge is 0.352 e. The van der Waals surface area contributed by atoms with Crippen molar-refractivity contribution in [1.82, 2.24) is 5.43 Å². The highest BCUT2D eigenvalue weighted by molar-refractivity contribution is 6.36. The second-order valence-corrected chi connectivity index (χ2v) is 2.07. The lowest BCUT2D eigenvalue weighted by Crippen LogP contribution is -2.19. The number of nitrogens with zero attached hydrogens (tertiary/aromatic N) is 1. The van der Waals surface area contributed by atoms with Gasteiger partial charge in [-0.1, -0.05) is 6.92 Å². The summed E-state index contributed by atoms with van der Waals surface area (Å²) in [5.41, 5.74) is 2.84. The normalized spacial score (nSPS) is 25.0. The Morgan fingerprint density at radius 2 is 2.67 bits per heavy atom. The topological polar surface area (TPSA) is 61.7 Å². The summed E-state index contributed by atoms with van der Waals surface area (Å²) in [5, 5.41) is 12.0. The Labute approximate surface area is 52.6 Å². The van der Waals surface area contributed by atoms with Crippen molar-refractivity contribution in [1.29, 1.82) is 0 Å². The maximum Gasteiger partial charge on any atom is 0.352 e. The van der Waals surface area contributed by atoms with E-state index in [1.54, 1.807) is 0 Å². The lowest BCUT2D eigenvalue weighted by atomic mass is 10.1. The van der Waals surface area contributed by atoms with Crippen LogP contribution in [0.2, 0.25) is 0 Å². The summed E-state index contributed by atoms with van der Waals surface area (Å²) >= 11 is 0. The minimum absolute atomic E-state index is 0.0440. The molecule has 0 aromatic carbocycles. The highest BCUT2D eigenvalue weighted by Gasteiger charge is 2.21. The number of nitrogens with one attached hydrogen (secondary N) is 1. The predicted molar refractivity (Wildman–Crippen MR) is 32.2 cm³/mol. The van der Waals surface area contributed by atoms with E-state index >= 15 is 0 Å². The molecule has 1 atom stereocenters. The first-order valence-corrected chi connectivity index (χ1v) is 2.75. The van der Waals surface area contributed by atoms with E-state index in [2.05, 4.69) is 10.5 Å². The fourth-order valence-corrected chi connectivity index (χ4v) is 0.733. The van der Waals surface area contributed by atoms with Crippen molar-refractivity contribution in [3.05, 3.63) is 0 Å². The van der Waals surface area contributed by atoms with Gasteiger partial charge in [0.05, 0.1) is 0 Å². The predicted octanol–water partition coefficient (Wildman–Crippen LogP) is -0.334. The van der Waals surface area contributed by atoms with Crippen LogP contribution in [0.25, 0.3) is 0 Å². The monoisotopic (exact) mass is 128 g/mol. The molecule has 0 radical (unpaired) electrons. The van der Waals surface area contributed by atoms with Gasteiger partial charge in [-0.2, -0.15) is 5.10 Å². The molecule has 9 heavy (non-hydrogen) atoms. The Balaban J connectivity index is 2.68. The molecule has 1 heterocycles. The Hall–Kier alpha value is -1.06. The van der Waals surface area contributed by atoms with Crippen LogP contribution in [0.15, 0.2) is 5.10 Å². The third-order valence-electron chi connectivity index (χ3n) is 1.28. The SMILES string of the molecule is CC1CNN=C1C(=O)O. The molecule has 0 spiro atoms. The molecule has 0 bridgehead atoms. The molecule has 1 rings (SSSR count). The Morgan fingerprint density at radius 3 is 2.89 bits per heavy atom. The number of carboxylic acid groups (broad SMARTS) is 1. The standard InChI is InChI=1S/C5H8N2O2/c1-3-2-6-7-4(3)5(8)9/h3,6H,2H2,1H3,(H,8,9). The van der Waals surface area contributed by atoms with E-state index in [0.717, 1.165) is 0 Å². The van der Waals surface area contributed by atoms with Crippen LogP contribution in [0.1, 0.15) is 6.92 Å². The van der Waals surface area contributed by atoms with Crippen LogP contribution in [0.4, 0.5) is 0 Å². The number of aliphatic carboxylic acids is 1. The zero-order valence-corrected chi connectivity index (χ0v) is 5.09. The van der Waals surface area contributed by atoms with Crippen LogP contribution in [-0.4, -0.2) is 23.3 Å². The van der Waals surface area contributed by atoms with E-state index in [1.807, 2.05) is 6.92 Å². The molecule has 0 aromatic heterocycles. The van der Waals surface area contributed by atoms with Crippen LogP contribution >= 0.6 is 0 Å². The number of carboxylic acids is 1. The third kappa shape index (κ3) is 1.01. The quantitative estimate of drug-likeness (QED) is 0.508. The molecular formula is C5H8N2O2. The van der Waals surface area contributed by atoms with Crippen molar-refractivity contribution in [3.63, 3.8) is 0 Å². The summed E-state index contributed by atoms with van der Waals surface area (Å²) < 4.78 is 0. The first-order valence-electron chi connectivity index (χ1n) is 2.75. The summed E-state index contributed by atoms with van der Waals surface area (Å²) in [6.45, 7) is 2.47. The van der Waals surface area contributed by atoms with Gasteiger partial charge < -0.3 is 10.5 Å². The van der Waals surface area contributed by atoms with Crippen molar-refractivity contribution in [2.45, 2.75) is 6.92 Å². The van der Waals surface area contributed by atoms with Gasteiger partial charge in [0.2, 0.25) is 0 Å². The molecule has 0 aromatic rings. The van der Waals surface area contributed by atoms with Gasteiger partial charge in [-0.15, -0.1) is 0 Å². The van der Waals surface area contributed by atoms with Gasteiger partial charge in [-0.05, 0) is 0 Å². The van der Waals surface area contributed by atoms with E-state index in [9.17, 15) is 4.79 Å². The molecular weight excluding hydrogens is 120 g/mol. The minimum atomic E-state index is -0.924. The van der Waals surface area contributed by atoms with Gasteiger partial charge in [0.25, 0.3) is 0 Å². The molecule has 0 saturated heterocycles. The largest absolute Gasteiger partial charge is 0.477 e. The minimum Gasteiger partial charge on any atom is -0.477 e. The third-order valence-corrected chi connectivity index (χ3v) is 1.28. The van der Waals surface area contributed by atoms with Crippen LogP contribution in [0.5, 0.6) is 0 Å². The van der Waals surface area contributed by atoms with E-state index in [4.69, 9.17) is 5.11 Å². The first-order chi connectivity index (χ1) is 4.22. The van der Waals surface area contributed by atoms with Gasteiger partial charge >= 0.3 is 5.97 Å². The zero-order chi connectivity index (χ0) is 6.85. The van der Waals surface area contributed by atoms with Crippen molar-refractivity contribution >= 4 is 11.7 Å². The summed E-state index contributed by atoms with van der Waals surface area (Å²) in [6, 6.07) is 0. The second-order valence-electron chi connectivity index (χ2n) is 2.07. The molecule has 4 heteroatoms. The maximum absolute atomic E-state index is 10.2. The van der Waals surface area contributed by atoms with E-state index < -0.39 is 5.97 Å². The number of hydrogen-bond acceptors (Lipinski definition) is 3. The van der Waals surface area contributed by atoms with Crippen molar-refractivity contribution < 1.29 is 9.90 Å². The van der Waals surface area contributed by atoms with Gasteiger partial charge in [0, 0.05) is 12.5 Å². The lowest BCUT2D eigenvalue weighted by Gasteiger charge is -1.96. The van der Waals surface area contributed by atoms with Crippen LogP contribution in [0, 0.1) is 5.92 Å². The first kappa shape index (κ1) is 6.07.